The SMILES string of the molecule is O=C(O)CNC(=O)Cc1ccc(NC(=O)N2CCN(C(=O)c3cccc(OCCC4CCCCC4)c3)CC2)cc1. The zero-order valence-corrected chi connectivity index (χ0v) is 22.8. The second kappa shape index (κ2) is 14.3. The maximum atomic E-state index is 13.1. The molecule has 1 aliphatic heterocycles. The molecule has 3 N–H and O–H groups in total. The van der Waals surface area contributed by atoms with Gasteiger partial charge in [0.15, 0.2) is 0 Å². The van der Waals surface area contributed by atoms with Crippen LogP contribution < -0.4 is 15.4 Å². The zero-order valence-electron chi connectivity index (χ0n) is 22.8. The van der Waals surface area contributed by atoms with E-state index in [1.54, 1.807) is 40.1 Å². The van der Waals surface area contributed by atoms with Crippen molar-refractivity contribution in [2.75, 3.05) is 44.6 Å². The Bertz CT molecular complexity index is 1170. The molecule has 1 saturated carbocycles. The standard InChI is InChI=1S/C30H38N4O6/c35-27(31-21-28(36)37)19-23-9-11-25(12-10-23)32-30(39)34-16-14-33(15-17-34)29(38)24-7-4-8-26(20-24)40-18-13-22-5-2-1-3-6-22/h4,7-12,20,22H,1-3,5-6,13-19,21H2,(H,31,35)(H,32,39)(H,36,37). The molecular formula is C30H38N4O6. The van der Waals surface area contributed by atoms with Gasteiger partial charge in [-0.15, -0.1) is 0 Å². The molecule has 2 aromatic rings. The fraction of sp³-hybridized carbons (Fsp3) is 0.467. The smallest absolute Gasteiger partial charge is 0.322 e. The van der Waals surface area contributed by atoms with E-state index in [4.69, 9.17) is 9.84 Å². The molecule has 0 unspecified atom stereocenters. The van der Waals surface area contributed by atoms with Gasteiger partial charge >= 0.3 is 12.0 Å². The number of nitrogens with one attached hydrogen (secondary N) is 2. The minimum atomic E-state index is -1.10. The third kappa shape index (κ3) is 8.72. The summed E-state index contributed by atoms with van der Waals surface area (Å²) < 4.78 is 5.96. The van der Waals surface area contributed by atoms with E-state index in [0.717, 1.165) is 12.3 Å². The van der Waals surface area contributed by atoms with Crippen LogP contribution in [-0.4, -0.2) is 78.1 Å². The lowest BCUT2D eigenvalue weighted by atomic mass is 9.87. The lowest BCUT2D eigenvalue weighted by molar-refractivity contribution is -0.137. The average Bonchev–Trinajstić information content (AvgIpc) is 2.97. The molecule has 0 atom stereocenters. The van der Waals surface area contributed by atoms with Crippen LogP contribution in [0.1, 0.15) is 54.4 Å². The summed E-state index contributed by atoms with van der Waals surface area (Å²) in [4.78, 5) is 51.6. The number of piperazine rings is 1. The Morgan fingerprint density at radius 1 is 0.900 bits per heavy atom. The van der Waals surface area contributed by atoms with Crippen LogP contribution in [-0.2, 0) is 16.0 Å². The van der Waals surface area contributed by atoms with E-state index in [1.807, 2.05) is 18.2 Å². The number of carbonyl (C=O) groups excluding carboxylic acids is 3. The summed E-state index contributed by atoms with van der Waals surface area (Å²) in [6, 6.07) is 13.9. The highest BCUT2D eigenvalue weighted by atomic mass is 16.5. The van der Waals surface area contributed by atoms with E-state index in [1.165, 1.54) is 32.1 Å². The fourth-order valence-electron chi connectivity index (χ4n) is 5.16. The van der Waals surface area contributed by atoms with E-state index in [-0.39, 0.29) is 24.3 Å². The summed E-state index contributed by atoms with van der Waals surface area (Å²) in [5.41, 5.74) is 1.87. The molecule has 214 valence electrons. The van der Waals surface area contributed by atoms with Crippen LogP contribution >= 0.6 is 0 Å². The molecule has 0 bridgehead atoms. The molecular weight excluding hydrogens is 512 g/mol. The summed E-state index contributed by atoms with van der Waals surface area (Å²) in [5, 5.41) is 13.8. The molecule has 0 spiro atoms. The first-order chi connectivity index (χ1) is 19.4. The Balaban J connectivity index is 1.20. The lowest BCUT2D eigenvalue weighted by Gasteiger charge is -2.34. The normalized spacial score (nSPS) is 15.8. The predicted octanol–water partition coefficient (Wildman–Crippen LogP) is 3.77. The van der Waals surface area contributed by atoms with Gasteiger partial charge in [-0.05, 0) is 48.2 Å². The van der Waals surface area contributed by atoms with Crippen LogP contribution in [0, 0.1) is 5.92 Å². The molecule has 1 saturated heterocycles. The van der Waals surface area contributed by atoms with E-state index < -0.39 is 12.5 Å². The molecule has 1 aliphatic carbocycles. The van der Waals surface area contributed by atoms with E-state index in [0.29, 0.717) is 55.3 Å². The molecule has 4 amide bonds. The van der Waals surface area contributed by atoms with Gasteiger partial charge in [-0.2, -0.15) is 0 Å². The highest BCUT2D eigenvalue weighted by Gasteiger charge is 2.25. The summed E-state index contributed by atoms with van der Waals surface area (Å²) in [6.45, 7) is 1.94. The first-order valence-electron chi connectivity index (χ1n) is 14.0. The van der Waals surface area contributed by atoms with Gasteiger partial charge < -0.3 is 30.3 Å². The van der Waals surface area contributed by atoms with E-state index in [2.05, 4.69) is 10.6 Å². The minimum Gasteiger partial charge on any atom is -0.494 e. The third-order valence-electron chi connectivity index (χ3n) is 7.46. The van der Waals surface area contributed by atoms with Crippen LogP contribution in [0.2, 0.25) is 0 Å². The second-order valence-electron chi connectivity index (χ2n) is 10.4. The number of nitrogens with zero attached hydrogens (tertiary/aromatic N) is 2. The van der Waals surface area contributed by atoms with Crippen molar-refractivity contribution >= 4 is 29.5 Å². The van der Waals surface area contributed by atoms with Crippen LogP contribution in [0.4, 0.5) is 10.5 Å². The van der Waals surface area contributed by atoms with Gasteiger partial charge in [0.1, 0.15) is 12.3 Å². The monoisotopic (exact) mass is 550 g/mol. The van der Waals surface area contributed by atoms with Gasteiger partial charge in [-0.3, -0.25) is 14.4 Å². The van der Waals surface area contributed by atoms with Gasteiger partial charge in [0.05, 0.1) is 13.0 Å². The van der Waals surface area contributed by atoms with Crippen molar-refractivity contribution in [2.45, 2.75) is 44.9 Å². The Kier molecular flexibility index (Phi) is 10.4. The number of amides is 4. The maximum absolute atomic E-state index is 13.1. The van der Waals surface area contributed by atoms with Crippen molar-refractivity contribution < 1.29 is 29.0 Å². The average molecular weight is 551 g/mol. The molecule has 0 radical (unpaired) electrons. The summed E-state index contributed by atoms with van der Waals surface area (Å²) in [5.74, 6) is -0.0972. The predicted molar refractivity (Wildman–Crippen MR) is 150 cm³/mol. The number of ether oxygens (including phenoxy) is 1. The number of rotatable bonds is 10. The summed E-state index contributed by atoms with van der Waals surface area (Å²) >= 11 is 0. The summed E-state index contributed by atoms with van der Waals surface area (Å²) in [6.07, 6.45) is 7.65. The van der Waals surface area contributed by atoms with Crippen LogP contribution in [0.3, 0.4) is 0 Å². The minimum absolute atomic E-state index is 0.0486. The van der Waals surface area contributed by atoms with Crippen LogP contribution in [0.25, 0.3) is 0 Å². The number of carboxylic acids is 1. The Morgan fingerprint density at radius 2 is 1.60 bits per heavy atom. The van der Waals surface area contributed by atoms with Crippen molar-refractivity contribution in [1.29, 1.82) is 0 Å². The van der Waals surface area contributed by atoms with Crippen molar-refractivity contribution in [3.8, 4) is 5.75 Å². The van der Waals surface area contributed by atoms with Crippen molar-refractivity contribution in [3.05, 3.63) is 59.7 Å². The molecule has 0 aromatic heterocycles. The molecule has 4 rings (SSSR count). The molecule has 10 nitrogen and oxygen atoms in total. The molecule has 1 heterocycles. The molecule has 2 fully saturated rings. The van der Waals surface area contributed by atoms with Gasteiger partial charge in [0.2, 0.25) is 5.91 Å². The first-order valence-corrected chi connectivity index (χ1v) is 14.0. The number of hydrogen-bond donors (Lipinski definition) is 3. The van der Waals surface area contributed by atoms with Gasteiger partial charge in [0, 0.05) is 37.4 Å². The Morgan fingerprint density at radius 3 is 2.30 bits per heavy atom. The van der Waals surface area contributed by atoms with Gasteiger partial charge in [0.25, 0.3) is 5.91 Å². The third-order valence-corrected chi connectivity index (χ3v) is 7.46. The molecule has 10 heteroatoms. The van der Waals surface area contributed by atoms with Gasteiger partial charge in [-0.25, -0.2) is 4.79 Å². The largest absolute Gasteiger partial charge is 0.494 e. The number of hydrogen-bond acceptors (Lipinski definition) is 5. The highest BCUT2D eigenvalue weighted by Crippen LogP contribution is 2.26. The molecule has 2 aliphatic rings. The highest BCUT2D eigenvalue weighted by molar-refractivity contribution is 5.95. The van der Waals surface area contributed by atoms with Crippen LogP contribution in [0.5, 0.6) is 5.75 Å². The number of carbonyl (C=O) groups is 4. The Labute approximate surface area is 234 Å². The number of benzene rings is 2. The van der Waals surface area contributed by atoms with Crippen molar-refractivity contribution in [1.82, 2.24) is 15.1 Å². The molecule has 40 heavy (non-hydrogen) atoms. The number of carboxylic acid groups (broad SMARTS) is 1. The van der Waals surface area contributed by atoms with Crippen molar-refractivity contribution in [2.24, 2.45) is 5.92 Å². The number of anilines is 1. The number of urea groups is 1. The zero-order chi connectivity index (χ0) is 28.3. The maximum Gasteiger partial charge on any atom is 0.322 e. The van der Waals surface area contributed by atoms with Crippen molar-refractivity contribution in [3.63, 3.8) is 0 Å². The van der Waals surface area contributed by atoms with E-state index >= 15 is 0 Å². The number of aliphatic carboxylic acids is 1. The van der Waals surface area contributed by atoms with Gasteiger partial charge in [-0.1, -0.05) is 50.3 Å². The lowest BCUT2D eigenvalue weighted by Crippen LogP contribution is -2.51. The first kappa shape index (κ1) is 28.9. The quantitative estimate of drug-likeness (QED) is 0.413. The van der Waals surface area contributed by atoms with Crippen LogP contribution in [0.15, 0.2) is 48.5 Å². The second-order valence-corrected chi connectivity index (χ2v) is 10.4. The Hall–Kier alpha value is -4.08. The molecule has 2 aromatic carbocycles. The fourth-order valence-corrected chi connectivity index (χ4v) is 5.16. The summed E-state index contributed by atoms with van der Waals surface area (Å²) in [7, 11) is 0. The topological polar surface area (TPSA) is 128 Å². The van der Waals surface area contributed by atoms with E-state index in [9.17, 15) is 19.2 Å².